The van der Waals surface area contributed by atoms with Gasteiger partial charge in [-0.1, -0.05) is 6.92 Å². The maximum absolute atomic E-state index is 11.8. The van der Waals surface area contributed by atoms with Gasteiger partial charge in [0.15, 0.2) is 0 Å². The monoisotopic (exact) mass is 256 g/mol. The predicted molar refractivity (Wildman–Crippen MR) is 67.8 cm³/mol. The van der Waals surface area contributed by atoms with Crippen LogP contribution in [0.25, 0.3) is 0 Å². The zero-order chi connectivity index (χ0) is 12.8. The summed E-state index contributed by atoms with van der Waals surface area (Å²) in [7, 11) is 0. The van der Waals surface area contributed by atoms with Crippen LogP contribution in [0.1, 0.15) is 30.6 Å². The third-order valence-electron chi connectivity index (χ3n) is 2.28. The molecule has 0 bridgehead atoms. The molecule has 0 spiro atoms. The van der Waals surface area contributed by atoms with Crippen LogP contribution in [0, 0.1) is 0 Å². The van der Waals surface area contributed by atoms with E-state index in [4.69, 9.17) is 5.11 Å². The van der Waals surface area contributed by atoms with Crippen molar-refractivity contribution in [3.63, 3.8) is 0 Å². The SMILES string of the molecule is CCCN(CC)C(=O)Nc1sccc1C(=O)O. The van der Waals surface area contributed by atoms with Gasteiger partial charge in [0, 0.05) is 13.1 Å². The van der Waals surface area contributed by atoms with E-state index in [1.54, 1.807) is 10.3 Å². The minimum atomic E-state index is -1.03. The molecule has 0 saturated heterocycles. The van der Waals surface area contributed by atoms with Crippen LogP contribution in [-0.2, 0) is 0 Å². The van der Waals surface area contributed by atoms with Crippen LogP contribution in [0.3, 0.4) is 0 Å². The Hall–Kier alpha value is -1.56. The molecule has 0 aliphatic heterocycles. The van der Waals surface area contributed by atoms with E-state index < -0.39 is 5.97 Å². The van der Waals surface area contributed by atoms with Gasteiger partial charge in [-0.25, -0.2) is 9.59 Å². The number of urea groups is 1. The fourth-order valence-electron chi connectivity index (χ4n) is 1.42. The van der Waals surface area contributed by atoms with Crippen molar-refractivity contribution in [1.82, 2.24) is 4.90 Å². The van der Waals surface area contributed by atoms with Crippen molar-refractivity contribution in [3.05, 3.63) is 17.0 Å². The highest BCUT2D eigenvalue weighted by molar-refractivity contribution is 7.14. The molecule has 1 rings (SSSR count). The highest BCUT2D eigenvalue weighted by Gasteiger charge is 2.16. The number of nitrogens with zero attached hydrogens (tertiary/aromatic N) is 1. The highest BCUT2D eigenvalue weighted by Crippen LogP contribution is 2.23. The lowest BCUT2D eigenvalue weighted by molar-refractivity contribution is 0.0698. The third kappa shape index (κ3) is 3.45. The second-order valence-corrected chi connectivity index (χ2v) is 4.39. The smallest absolute Gasteiger partial charge is 0.338 e. The van der Waals surface area contributed by atoms with Gasteiger partial charge < -0.3 is 10.0 Å². The molecule has 0 aromatic carbocycles. The van der Waals surface area contributed by atoms with Crippen molar-refractivity contribution in [2.75, 3.05) is 18.4 Å². The molecule has 0 atom stereocenters. The summed E-state index contributed by atoms with van der Waals surface area (Å²) in [5, 5.41) is 13.6. The van der Waals surface area contributed by atoms with Gasteiger partial charge >= 0.3 is 12.0 Å². The lowest BCUT2D eigenvalue weighted by atomic mass is 10.3. The Morgan fingerprint density at radius 1 is 1.47 bits per heavy atom. The first-order chi connectivity index (χ1) is 8.10. The van der Waals surface area contributed by atoms with E-state index in [0.29, 0.717) is 18.1 Å². The zero-order valence-corrected chi connectivity index (χ0v) is 10.7. The number of carboxylic acids is 1. The second-order valence-electron chi connectivity index (χ2n) is 3.48. The second kappa shape index (κ2) is 6.24. The number of aromatic carboxylic acids is 1. The Bertz CT molecular complexity index is 403. The molecular formula is C11H16N2O3S. The summed E-state index contributed by atoms with van der Waals surface area (Å²) >= 11 is 1.21. The van der Waals surface area contributed by atoms with Crippen molar-refractivity contribution >= 4 is 28.3 Å². The van der Waals surface area contributed by atoms with Crippen LogP contribution in [0.15, 0.2) is 11.4 Å². The number of rotatable bonds is 5. The summed E-state index contributed by atoms with van der Waals surface area (Å²) in [5.41, 5.74) is 0.135. The summed E-state index contributed by atoms with van der Waals surface area (Å²) in [4.78, 5) is 24.4. The molecule has 1 aromatic heterocycles. The van der Waals surface area contributed by atoms with Crippen LogP contribution < -0.4 is 5.32 Å². The summed E-state index contributed by atoms with van der Waals surface area (Å²) in [6, 6.07) is 1.23. The molecule has 0 fully saturated rings. The molecule has 5 nitrogen and oxygen atoms in total. The van der Waals surface area contributed by atoms with Crippen molar-refractivity contribution < 1.29 is 14.7 Å². The minimum absolute atomic E-state index is 0.135. The van der Waals surface area contributed by atoms with Crippen LogP contribution in [-0.4, -0.2) is 35.1 Å². The minimum Gasteiger partial charge on any atom is -0.478 e. The Balaban J connectivity index is 2.73. The average Bonchev–Trinajstić information content (AvgIpc) is 2.73. The van der Waals surface area contributed by atoms with E-state index >= 15 is 0 Å². The number of anilines is 1. The number of carbonyl (C=O) groups excluding carboxylic acids is 1. The summed E-state index contributed by atoms with van der Waals surface area (Å²) in [6.07, 6.45) is 0.873. The molecule has 17 heavy (non-hydrogen) atoms. The van der Waals surface area contributed by atoms with Crippen molar-refractivity contribution in [3.8, 4) is 0 Å². The number of amides is 2. The van der Waals surface area contributed by atoms with Crippen LogP contribution in [0.4, 0.5) is 9.80 Å². The van der Waals surface area contributed by atoms with Gasteiger partial charge in [0.2, 0.25) is 0 Å². The van der Waals surface area contributed by atoms with Gasteiger partial charge in [-0.3, -0.25) is 5.32 Å². The summed E-state index contributed by atoms with van der Waals surface area (Å²) < 4.78 is 0. The van der Waals surface area contributed by atoms with Crippen LogP contribution >= 0.6 is 11.3 Å². The number of carbonyl (C=O) groups is 2. The highest BCUT2D eigenvalue weighted by atomic mass is 32.1. The van der Waals surface area contributed by atoms with Crippen LogP contribution in [0.5, 0.6) is 0 Å². The lowest BCUT2D eigenvalue weighted by Crippen LogP contribution is -2.35. The maximum atomic E-state index is 11.8. The Labute approximate surface area is 104 Å². The zero-order valence-electron chi connectivity index (χ0n) is 9.90. The fourth-order valence-corrected chi connectivity index (χ4v) is 2.19. The van der Waals surface area contributed by atoms with E-state index in [2.05, 4.69) is 5.32 Å². The first-order valence-electron chi connectivity index (χ1n) is 5.46. The van der Waals surface area contributed by atoms with Gasteiger partial charge in [0.25, 0.3) is 0 Å². The molecule has 94 valence electrons. The lowest BCUT2D eigenvalue weighted by Gasteiger charge is -2.20. The molecular weight excluding hydrogens is 240 g/mol. The normalized spacial score (nSPS) is 10.0. The summed E-state index contributed by atoms with van der Waals surface area (Å²) in [5.74, 6) is -1.03. The average molecular weight is 256 g/mol. The molecule has 0 aliphatic carbocycles. The molecule has 0 unspecified atom stereocenters. The van der Waals surface area contributed by atoms with E-state index in [9.17, 15) is 9.59 Å². The molecule has 2 amide bonds. The third-order valence-corrected chi connectivity index (χ3v) is 3.11. The number of hydrogen-bond donors (Lipinski definition) is 2. The first kappa shape index (κ1) is 13.5. The molecule has 2 N–H and O–H groups in total. The van der Waals surface area contributed by atoms with Crippen molar-refractivity contribution in [2.45, 2.75) is 20.3 Å². The van der Waals surface area contributed by atoms with Gasteiger partial charge in [0.05, 0.1) is 5.56 Å². The predicted octanol–water partition coefficient (Wildman–Crippen LogP) is 2.71. The topological polar surface area (TPSA) is 69.6 Å². The molecule has 1 heterocycles. The fraction of sp³-hybridized carbons (Fsp3) is 0.455. The van der Waals surface area contributed by atoms with Gasteiger partial charge in [-0.15, -0.1) is 11.3 Å². The Kier molecular flexibility index (Phi) is 4.96. The molecule has 1 aromatic rings. The van der Waals surface area contributed by atoms with Gasteiger partial charge in [-0.05, 0) is 24.8 Å². The van der Waals surface area contributed by atoms with E-state index in [1.165, 1.54) is 17.4 Å². The number of carboxylic acid groups (broad SMARTS) is 1. The van der Waals surface area contributed by atoms with Gasteiger partial charge in [0.1, 0.15) is 5.00 Å². The Morgan fingerprint density at radius 3 is 2.71 bits per heavy atom. The number of thiophene rings is 1. The number of hydrogen-bond acceptors (Lipinski definition) is 3. The number of nitrogens with one attached hydrogen (secondary N) is 1. The molecule has 6 heteroatoms. The van der Waals surface area contributed by atoms with E-state index in [0.717, 1.165) is 6.42 Å². The quantitative estimate of drug-likeness (QED) is 0.851. The van der Waals surface area contributed by atoms with Crippen molar-refractivity contribution in [2.24, 2.45) is 0 Å². The first-order valence-corrected chi connectivity index (χ1v) is 6.34. The maximum Gasteiger partial charge on any atom is 0.338 e. The standard InChI is InChI=1S/C11H16N2O3S/c1-3-6-13(4-2)11(16)12-9-8(10(14)15)5-7-17-9/h5,7H,3-4,6H2,1-2H3,(H,12,16)(H,14,15). The Morgan fingerprint density at radius 2 is 2.18 bits per heavy atom. The van der Waals surface area contributed by atoms with Crippen molar-refractivity contribution in [1.29, 1.82) is 0 Å². The molecule has 0 aliphatic rings. The molecule has 0 radical (unpaired) electrons. The van der Waals surface area contributed by atoms with E-state index in [1.807, 2.05) is 13.8 Å². The largest absolute Gasteiger partial charge is 0.478 e. The van der Waals surface area contributed by atoms with E-state index in [-0.39, 0.29) is 11.6 Å². The summed E-state index contributed by atoms with van der Waals surface area (Å²) in [6.45, 7) is 5.15. The van der Waals surface area contributed by atoms with Gasteiger partial charge in [-0.2, -0.15) is 0 Å². The molecule has 0 saturated carbocycles. The van der Waals surface area contributed by atoms with Crippen LogP contribution in [0.2, 0.25) is 0 Å².